The number of rotatable bonds is 5. The van der Waals surface area contributed by atoms with Crippen molar-refractivity contribution in [2.75, 3.05) is 18.1 Å². The third kappa shape index (κ3) is 2.87. The van der Waals surface area contributed by atoms with Gasteiger partial charge in [-0.25, -0.2) is 8.78 Å². The number of halogens is 2. The highest BCUT2D eigenvalue weighted by atomic mass is 19.1. The van der Waals surface area contributed by atoms with Gasteiger partial charge < -0.3 is 10.0 Å². The number of non-ortho nitro benzene ring substituents is 1. The van der Waals surface area contributed by atoms with Gasteiger partial charge >= 0.3 is 0 Å². The van der Waals surface area contributed by atoms with E-state index in [4.69, 9.17) is 5.11 Å². The Balaban J connectivity index is 2.29. The molecule has 1 N–H and O–H groups in total. The van der Waals surface area contributed by atoms with Crippen molar-refractivity contribution < 1.29 is 18.8 Å². The fraction of sp³-hybridized carbons (Fsp3) is 0.538. The molecule has 0 bridgehead atoms. The van der Waals surface area contributed by atoms with Gasteiger partial charge in [0.15, 0.2) is 11.6 Å². The molecule has 1 heterocycles. The van der Waals surface area contributed by atoms with Crippen molar-refractivity contribution in [1.82, 2.24) is 0 Å². The summed E-state index contributed by atoms with van der Waals surface area (Å²) in [6.45, 7) is 0.553. The first-order valence-corrected chi connectivity index (χ1v) is 6.55. The second-order valence-corrected chi connectivity index (χ2v) is 4.87. The van der Waals surface area contributed by atoms with E-state index in [1.54, 1.807) is 4.90 Å². The summed E-state index contributed by atoms with van der Waals surface area (Å²) in [4.78, 5) is 11.4. The number of benzene rings is 1. The van der Waals surface area contributed by atoms with Gasteiger partial charge in [0.2, 0.25) is 0 Å². The van der Waals surface area contributed by atoms with Gasteiger partial charge in [0, 0.05) is 19.2 Å². The molecule has 1 unspecified atom stereocenters. The Kier molecular flexibility index (Phi) is 4.49. The molecule has 0 saturated carbocycles. The second kappa shape index (κ2) is 6.13. The SMILES string of the molecule is O=[N+]([O-])c1cc(F)c(N2CCCC2CCCO)c(F)c1. The van der Waals surface area contributed by atoms with E-state index in [-0.39, 0.29) is 18.3 Å². The van der Waals surface area contributed by atoms with Gasteiger partial charge in [-0.2, -0.15) is 0 Å². The molecule has 5 nitrogen and oxygen atoms in total. The smallest absolute Gasteiger partial charge is 0.275 e. The van der Waals surface area contributed by atoms with Gasteiger partial charge in [-0.3, -0.25) is 10.1 Å². The molecular weight excluding hydrogens is 270 g/mol. The van der Waals surface area contributed by atoms with E-state index in [1.165, 1.54) is 0 Å². The molecule has 1 aromatic carbocycles. The van der Waals surface area contributed by atoms with Gasteiger partial charge in [-0.15, -0.1) is 0 Å². The van der Waals surface area contributed by atoms with E-state index in [9.17, 15) is 18.9 Å². The zero-order chi connectivity index (χ0) is 14.7. The van der Waals surface area contributed by atoms with Crippen molar-refractivity contribution in [2.24, 2.45) is 0 Å². The maximum absolute atomic E-state index is 14.0. The molecule has 0 amide bonds. The molecule has 0 spiro atoms. The maximum atomic E-state index is 14.0. The molecular formula is C13H16F2N2O3. The Morgan fingerprint density at radius 1 is 1.40 bits per heavy atom. The average Bonchev–Trinajstić information content (AvgIpc) is 2.83. The Hall–Kier alpha value is -1.76. The molecule has 1 fully saturated rings. The zero-order valence-corrected chi connectivity index (χ0v) is 10.9. The van der Waals surface area contributed by atoms with Crippen LogP contribution in [0.4, 0.5) is 20.2 Å². The highest BCUT2D eigenvalue weighted by Crippen LogP contribution is 2.34. The van der Waals surface area contributed by atoms with E-state index >= 15 is 0 Å². The van der Waals surface area contributed by atoms with Crippen molar-refractivity contribution in [2.45, 2.75) is 31.7 Å². The average molecular weight is 286 g/mol. The molecule has 0 aromatic heterocycles. The first-order chi connectivity index (χ1) is 9.54. The van der Waals surface area contributed by atoms with Crippen molar-refractivity contribution in [3.05, 3.63) is 33.9 Å². The number of anilines is 1. The van der Waals surface area contributed by atoms with Gasteiger partial charge in [-0.05, 0) is 25.7 Å². The molecule has 0 aliphatic carbocycles. The molecule has 20 heavy (non-hydrogen) atoms. The predicted octanol–water partition coefficient (Wildman–Crippen LogP) is 2.61. The lowest BCUT2D eigenvalue weighted by Crippen LogP contribution is -2.31. The van der Waals surface area contributed by atoms with Crippen LogP contribution >= 0.6 is 0 Å². The molecule has 1 saturated heterocycles. The number of hydrogen-bond donors (Lipinski definition) is 1. The van der Waals surface area contributed by atoms with Crippen LogP contribution in [0.3, 0.4) is 0 Å². The van der Waals surface area contributed by atoms with Crippen LogP contribution in [0.25, 0.3) is 0 Å². The molecule has 2 rings (SSSR count). The van der Waals surface area contributed by atoms with Gasteiger partial charge in [0.05, 0.1) is 17.1 Å². The highest BCUT2D eigenvalue weighted by molar-refractivity contribution is 5.55. The number of aliphatic hydroxyl groups is 1. The van der Waals surface area contributed by atoms with Gasteiger partial charge in [0.25, 0.3) is 5.69 Å². The third-order valence-electron chi connectivity index (χ3n) is 3.57. The summed E-state index contributed by atoms with van der Waals surface area (Å²) >= 11 is 0. The van der Waals surface area contributed by atoms with Gasteiger partial charge in [0.1, 0.15) is 5.69 Å². The van der Waals surface area contributed by atoms with Crippen LogP contribution in [0.15, 0.2) is 12.1 Å². The Morgan fingerprint density at radius 3 is 2.60 bits per heavy atom. The summed E-state index contributed by atoms with van der Waals surface area (Å²) in [5.41, 5.74) is -0.786. The molecule has 1 aliphatic rings. The summed E-state index contributed by atoms with van der Waals surface area (Å²) in [6, 6.07) is 1.47. The van der Waals surface area contributed by atoms with E-state index in [1.807, 2.05) is 0 Å². The minimum Gasteiger partial charge on any atom is -0.396 e. The predicted molar refractivity (Wildman–Crippen MR) is 69.7 cm³/mol. The zero-order valence-electron chi connectivity index (χ0n) is 10.9. The lowest BCUT2D eigenvalue weighted by Gasteiger charge is -2.27. The number of nitrogens with zero attached hydrogens (tertiary/aromatic N) is 2. The number of aliphatic hydroxyl groups excluding tert-OH is 1. The Morgan fingerprint density at radius 2 is 2.05 bits per heavy atom. The molecule has 0 radical (unpaired) electrons. The Labute approximate surface area is 115 Å². The van der Waals surface area contributed by atoms with E-state index in [0.717, 1.165) is 25.0 Å². The van der Waals surface area contributed by atoms with Crippen LogP contribution < -0.4 is 4.90 Å². The van der Waals surface area contributed by atoms with Crippen molar-refractivity contribution >= 4 is 11.4 Å². The van der Waals surface area contributed by atoms with Crippen LogP contribution in [0.2, 0.25) is 0 Å². The minimum absolute atomic E-state index is 0.0346. The lowest BCUT2D eigenvalue weighted by molar-refractivity contribution is -0.385. The summed E-state index contributed by atoms with van der Waals surface area (Å²) < 4.78 is 28.0. The summed E-state index contributed by atoms with van der Waals surface area (Å²) in [7, 11) is 0. The maximum Gasteiger partial charge on any atom is 0.275 e. The molecule has 110 valence electrons. The van der Waals surface area contributed by atoms with Crippen LogP contribution in [0.1, 0.15) is 25.7 Å². The van der Waals surface area contributed by atoms with Crippen molar-refractivity contribution in [1.29, 1.82) is 0 Å². The normalized spacial score (nSPS) is 18.6. The summed E-state index contributed by atoms with van der Waals surface area (Å²) in [5, 5.41) is 19.4. The highest BCUT2D eigenvalue weighted by Gasteiger charge is 2.30. The standard InChI is InChI=1S/C13H16F2N2O3/c14-11-7-10(17(19)20)8-12(15)13(11)16-5-1-3-9(16)4-2-6-18/h7-9,18H,1-6H2. The van der Waals surface area contributed by atoms with Crippen LogP contribution in [-0.2, 0) is 0 Å². The minimum atomic E-state index is -0.910. The van der Waals surface area contributed by atoms with E-state index in [0.29, 0.717) is 19.4 Å². The summed E-state index contributed by atoms with van der Waals surface area (Å²) in [6.07, 6.45) is 2.82. The molecule has 1 aliphatic heterocycles. The number of nitro groups is 1. The second-order valence-electron chi connectivity index (χ2n) is 4.87. The molecule has 1 atom stereocenters. The lowest BCUT2D eigenvalue weighted by atomic mass is 10.1. The largest absolute Gasteiger partial charge is 0.396 e. The van der Waals surface area contributed by atoms with E-state index < -0.39 is 22.2 Å². The first kappa shape index (κ1) is 14.6. The first-order valence-electron chi connectivity index (χ1n) is 6.55. The van der Waals surface area contributed by atoms with Gasteiger partial charge in [-0.1, -0.05) is 0 Å². The molecule has 7 heteroatoms. The number of nitro benzene ring substituents is 1. The third-order valence-corrected chi connectivity index (χ3v) is 3.57. The quantitative estimate of drug-likeness (QED) is 0.667. The van der Waals surface area contributed by atoms with Crippen LogP contribution in [-0.4, -0.2) is 29.2 Å². The summed E-state index contributed by atoms with van der Waals surface area (Å²) in [5.74, 6) is -1.82. The fourth-order valence-electron chi connectivity index (χ4n) is 2.69. The van der Waals surface area contributed by atoms with E-state index in [2.05, 4.69) is 0 Å². The number of hydrogen-bond acceptors (Lipinski definition) is 4. The monoisotopic (exact) mass is 286 g/mol. The fourth-order valence-corrected chi connectivity index (χ4v) is 2.69. The molecule has 1 aromatic rings. The van der Waals surface area contributed by atoms with Crippen molar-refractivity contribution in [3.63, 3.8) is 0 Å². The van der Waals surface area contributed by atoms with Crippen LogP contribution in [0.5, 0.6) is 0 Å². The Bertz CT molecular complexity index is 487. The van der Waals surface area contributed by atoms with Crippen molar-refractivity contribution in [3.8, 4) is 0 Å². The topological polar surface area (TPSA) is 66.6 Å². The van der Waals surface area contributed by atoms with Crippen LogP contribution in [0, 0.1) is 21.7 Å².